The number of nitrogens with zero attached hydrogens (tertiary/aromatic N) is 1. The van der Waals surface area contributed by atoms with Crippen LogP contribution in [0.1, 0.15) is 5.56 Å². The van der Waals surface area contributed by atoms with Crippen LogP contribution in [0.4, 0.5) is 30.7 Å². The van der Waals surface area contributed by atoms with Crippen molar-refractivity contribution in [2.75, 3.05) is 0 Å². The molecule has 0 aliphatic rings. The van der Waals surface area contributed by atoms with E-state index in [0.717, 1.165) is 6.07 Å². The molecule has 2 nitrogen and oxygen atoms in total. The number of ether oxygens (including phenoxy) is 1. The first-order valence-electron chi connectivity index (χ1n) is 4.52. The number of aromatic nitrogens is 1. The number of pyridine rings is 1. The summed E-state index contributed by atoms with van der Waals surface area (Å²) in [6.45, 7) is 1.36. The Balaban J connectivity index is 3.23. The van der Waals surface area contributed by atoms with Gasteiger partial charge < -0.3 is 4.74 Å². The lowest BCUT2D eigenvalue weighted by Crippen LogP contribution is -2.57. The number of halogens is 8. The van der Waals surface area contributed by atoms with E-state index in [-0.39, 0.29) is 10.2 Å². The first-order valence-corrected chi connectivity index (χ1v) is 5.32. The first kappa shape index (κ1) is 16.0. The largest absolute Gasteiger partial charge is 0.470 e. The van der Waals surface area contributed by atoms with Gasteiger partial charge in [0.25, 0.3) is 0 Å². The van der Waals surface area contributed by atoms with Gasteiger partial charge in [-0.05, 0) is 34.5 Å². The highest BCUT2D eigenvalue weighted by atomic mass is 79.9. The summed E-state index contributed by atoms with van der Waals surface area (Å²) in [5, 5.41) is 0. The second-order valence-corrected chi connectivity index (χ2v) is 4.31. The van der Waals surface area contributed by atoms with Crippen molar-refractivity contribution in [3.63, 3.8) is 0 Å². The predicted octanol–water partition coefficient (Wildman–Crippen LogP) is 4.32. The Morgan fingerprint density at radius 3 is 1.84 bits per heavy atom. The molecule has 0 aromatic carbocycles. The van der Waals surface area contributed by atoms with Gasteiger partial charge in [-0.25, -0.2) is 4.98 Å². The van der Waals surface area contributed by atoms with Crippen LogP contribution >= 0.6 is 15.9 Å². The topological polar surface area (TPSA) is 22.1 Å². The molecule has 0 aliphatic heterocycles. The molecule has 0 radical (unpaired) electrons. The maximum absolute atomic E-state index is 13.2. The second-order valence-electron chi connectivity index (χ2n) is 3.50. The lowest BCUT2D eigenvalue weighted by molar-refractivity contribution is -0.406. The Morgan fingerprint density at radius 1 is 1.00 bits per heavy atom. The molecule has 1 aromatic rings. The summed E-state index contributed by atoms with van der Waals surface area (Å²) in [6.07, 6.45) is -12.6. The molecule has 19 heavy (non-hydrogen) atoms. The predicted molar refractivity (Wildman–Crippen MR) is 53.3 cm³/mol. The number of aryl methyl sites for hydroxylation is 1. The highest BCUT2D eigenvalue weighted by Gasteiger charge is 2.76. The van der Waals surface area contributed by atoms with Crippen molar-refractivity contribution >= 4 is 15.9 Å². The Labute approximate surface area is 110 Å². The van der Waals surface area contributed by atoms with Crippen LogP contribution < -0.4 is 4.74 Å². The fraction of sp³-hybridized carbons (Fsp3) is 0.444. The van der Waals surface area contributed by atoms with E-state index in [2.05, 4.69) is 25.7 Å². The van der Waals surface area contributed by atoms with Crippen LogP contribution in [0.25, 0.3) is 0 Å². The van der Waals surface area contributed by atoms with Crippen molar-refractivity contribution in [3.05, 3.63) is 22.3 Å². The zero-order chi connectivity index (χ0) is 15.1. The zero-order valence-corrected chi connectivity index (χ0v) is 10.6. The van der Waals surface area contributed by atoms with E-state index in [0.29, 0.717) is 0 Å². The smallest absolute Gasteiger partial charge is 0.426 e. The normalized spacial score (nSPS) is 13.5. The molecular weight excluding hydrogens is 351 g/mol. The van der Waals surface area contributed by atoms with Crippen molar-refractivity contribution in [1.82, 2.24) is 4.98 Å². The SMILES string of the molecule is Cc1cc(Br)nc(OC(F)(C(F)(F)F)C(F)(F)F)c1. The summed E-state index contributed by atoms with van der Waals surface area (Å²) < 4.78 is 89.9. The molecule has 0 amide bonds. The van der Waals surface area contributed by atoms with Crippen molar-refractivity contribution in [2.24, 2.45) is 0 Å². The molecule has 1 heterocycles. The molecule has 0 aliphatic carbocycles. The Bertz CT molecular complexity index is 436. The van der Waals surface area contributed by atoms with Crippen LogP contribution in [-0.2, 0) is 0 Å². The molecule has 0 saturated heterocycles. The average Bonchev–Trinajstić information content (AvgIpc) is 2.11. The van der Waals surface area contributed by atoms with Gasteiger partial charge in [-0.2, -0.15) is 30.7 Å². The van der Waals surface area contributed by atoms with Gasteiger partial charge in [0.2, 0.25) is 5.88 Å². The third-order valence-electron chi connectivity index (χ3n) is 1.89. The Morgan fingerprint density at radius 2 is 1.47 bits per heavy atom. The minimum atomic E-state index is -6.29. The molecule has 0 bridgehead atoms. The lowest BCUT2D eigenvalue weighted by atomic mass is 10.2. The van der Waals surface area contributed by atoms with E-state index in [9.17, 15) is 30.7 Å². The van der Waals surface area contributed by atoms with Gasteiger partial charge >= 0.3 is 18.2 Å². The lowest BCUT2D eigenvalue weighted by Gasteiger charge is -2.29. The summed E-state index contributed by atoms with van der Waals surface area (Å²) in [5.41, 5.74) is 0.239. The van der Waals surface area contributed by atoms with E-state index >= 15 is 0 Å². The van der Waals surface area contributed by atoms with E-state index in [1.165, 1.54) is 13.0 Å². The maximum atomic E-state index is 13.2. The second kappa shape index (κ2) is 4.80. The molecule has 0 N–H and O–H groups in total. The van der Waals surface area contributed by atoms with E-state index in [1.54, 1.807) is 0 Å². The summed E-state index contributed by atoms with van der Waals surface area (Å²) in [7, 11) is 0. The molecule has 1 rings (SSSR count). The van der Waals surface area contributed by atoms with E-state index < -0.39 is 24.1 Å². The van der Waals surface area contributed by atoms with Crippen LogP contribution in [0.15, 0.2) is 16.7 Å². The zero-order valence-electron chi connectivity index (χ0n) is 9.03. The first-order chi connectivity index (χ1) is 8.37. The summed E-state index contributed by atoms with van der Waals surface area (Å²) in [4.78, 5) is 3.20. The third kappa shape index (κ3) is 3.28. The summed E-state index contributed by atoms with van der Waals surface area (Å²) in [6, 6.07) is 2.05. The van der Waals surface area contributed by atoms with Gasteiger partial charge in [0.05, 0.1) is 0 Å². The standard InChI is InChI=1S/C9H5BrF7NO/c1-4-2-5(10)18-6(3-4)19-7(11,8(12,13)14)9(15,16)17/h2-3H,1H3. The van der Waals surface area contributed by atoms with Gasteiger partial charge in [0.15, 0.2) is 0 Å². The Hall–Kier alpha value is -1.06. The molecule has 1 aromatic heterocycles. The van der Waals surface area contributed by atoms with Gasteiger partial charge in [-0.3, -0.25) is 0 Å². The van der Waals surface area contributed by atoms with Gasteiger partial charge in [0.1, 0.15) is 4.60 Å². The van der Waals surface area contributed by atoms with Crippen molar-refractivity contribution < 1.29 is 35.5 Å². The number of hydrogen-bond acceptors (Lipinski definition) is 2. The minimum absolute atomic E-state index is 0.0887. The van der Waals surface area contributed by atoms with Gasteiger partial charge in [0, 0.05) is 6.07 Å². The van der Waals surface area contributed by atoms with Crippen LogP contribution in [-0.4, -0.2) is 23.2 Å². The van der Waals surface area contributed by atoms with E-state index in [4.69, 9.17) is 0 Å². The van der Waals surface area contributed by atoms with Crippen LogP contribution in [0, 0.1) is 6.92 Å². The monoisotopic (exact) mass is 355 g/mol. The van der Waals surface area contributed by atoms with Crippen LogP contribution in [0.2, 0.25) is 0 Å². The Kier molecular flexibility index (Phi) is 4.04. The highest BCUT2D eigenvalue weighted by molar-refractivity contribution is 9.10. The number of hydrogen-bond donors (Lipinski definition) is 0. The molecule has 0 unspecified atom stereocenters. The average molecular weight is 356 g/mol. The van der Waals surface area contributed by atoms with Crippen molar-refractivity contribution in [3.8, 4) is 5.88 Å². The highest BCUT2D eigenvalue weighted by Crippen LogP contribution is 2.47. The van der Waals surface area contributed by atoms with Gasteiger partial charge in [-0.15, -0.1) is 0 Å². The maximum Gasteiger partial charge on any atom is 0.470 e. The third-order valence-corrected chi connectivity index (χ3v) is 2.30. The van der Waals surface area contributed by atoms with Crippen LogP contribution in [0.5, 0.6) is 5.88 Å². The van der Waals surface area contributed by atoms with E-state index in [1.807, 2.05) is 0 Å². The number of rotatable bonds is 2. The van der Waals surface area contributed by atoms with Crippen molar-refractivity contribution in [2.45, 2.75) is 25.1 Å². The van der Waals surface area contributed by atoms with Gasteiger partial charge in [-0.1, -0.05) is 0 Å². The molecular formula is C9H5BrF7NO. The molecule has 0 fully saturated rings. The van der Waals surface area contributed by atoms with Crippen LogP contribution in [0.3, 0.4) is 0 Å². The molecule has 0 atom stereocenters. The van der Waals surface area contributed by atoms with Crippen molar-refractivity contribution in [1.29, 1.82) is 0 Å². The molecule has 0 spiro atoms. The fourth-order valence-corrected chi connectivity index (χ4v) is 1.60. The minimum Gasteiger partial charge on any atom is -0.426 e. The molecule has 0 saturated carbocycles. The molecule has 10 heteroatoms. The fourth-order valence-electron chi connectivity index (χ4n) is 1.07. The summed E-state index contributed by atoms with van der Waals surface area (Å²) >= 11 is 2.75. The summed E-state index contributed by atoms with van der Waals surface area (Å²) in [5.74, 6) is -6.95. The number of alkyl halides is 7. The molecule has 108 valence electrons. The quantitative estimate of drug-likeness (QED) is 0.582.